The van der Waals surface area contributed by atoms with Gasteiger partial charge in [-0.25, -0.2) is 4.57 Å². The molecule has 1 unspecified atom stereocenters. The van der Waals surface area contributed by atoms with Gasteiger partial charge in [0.15, 0.2) is 0 Å². The van der Waals surface area contributed by atoms with Gasteiger partial charge in [-0.15, -0.1) is 0 Å². The van der Waals surface area contributed by atoms with Crippen LogP contribution in [0.1, 0.15) is 13.3 Å². The molecule has 12 heteroatoms. The predicted octanol–water partition coefficient (Wildman–Crippen LogP) is -2.16. The summed E-state index contributed by atoms with van der Waals surface area (Å²) in [5.41, 5.74) is 5.04. The van der Waals surface area contributed by atoms with Gasteiger partial charge in [0.05, 0.1) is 32.8 Å². The van der Waals surface area contributed by atoms with E-state index in [9.17, 15) is 23.8 Å². The Bertz CT molecular complexity index is 446. The van der Waals surface area contributed by atoms with E-state index in [0.29, 0.717) is 6.42 Å². The molecule has 3 amide bonds. The fourth-order valence-electron chi connectivity index (χ4n) is 1.15. The Labute approximate surface area is 133 Å². The number of nitrogens with one attached hydrogen (secondary N) is 3. The van der Waals surface area contributed by atoms with E-state index in [4.69, 9.17) is 5.73 Å². The molecule has 0 spiro atoms. The van der Waals surface area contributed by atoms with E-state index in [1.165, 1.54) is 0 Å². The number of phosphoric acid groups is 1. The molecule has 0 rings (SSSR count). The van der Waals surface area contributed by atoms with Crippen molar-refractivity contribution in [2.45, 2.75) is 13.3 Å². The maximum Gasteiger partial charge on any atom is 0.472 e. The number of amides is 3. The predicted molar refractivity (Wildman–Crippen MR) is 80.1 cm³/mol. The monoisotopic (exact) mass is 354 g/mol. The van der Waals surface area contributed by atoms with E-state index in [1.54, 1.807) is 6.92 Å². The maximum absolute atomic E-state index is 11.4. The highest BCUT2D eigenvalue weighted by Crippen LogP contribution is 2.42. The standard InChI is InChI=1S/C11H23N4O7P/c1-2-4-21-23(19,20)22-5-3-13-10(17)7-15-11(18)8-14-9(16)6-12/h2-8,12H2,1H3,(H,13,17)(H,14,16)(H,15,18)(H,19,20). The number of hydrogen-bond acceptors (Lipinski definition) is 7. The number of carbonyl (C=O) groups excluding carboxylic acids is 3. The Balaban J connectivity index is 3.73. The molecule has 6 N–H and O–H groups in total. The third-order valence-corrected chi connectivity index (χ3v) is 3.23. The first-order chi connectivity index (χ1) is 10.8. The van der Waals surface area contributed by atoms with Crippen molar-refractivity contribution in [3.05, 3.63) is 0 Å². The fourth-order valence-corrected chi connectivity index (χ4v) is 1.96. The molecule has 0 aliphatic rings. The van der Waals surface area contributed by atoms with Crippen molar-refractivity contribution < 1.29 is 32.9 Å². The van der Waals surface area contributed by atoms with Crippen LogP contribution in [0.25, 0.3) is 0 Å². The van der Waals surface area contributed by atoms with Gasteiger partial charge >= 0.3 is 7.82 Å². The van der Waals surface area contributed by atoms with Gasteiger partial charge in [-0.3, -0.25) is 23.4 Å². The lowest BCUT2D eigenvalue weighted by Crippen LogP contribution is -2.43. The van der Waals surface area contributed by atoms with Crippen LogP contribution in [0, 0.1) is 0 Å². The number of phosphoric ester groups is 1. The summed E-state index contributed by atoms with van der Waals surface area (Å²) in [5, 5.41) is 6.88. The summed E-state index contributed by atoms with van der Waals surface area (Å²) in [6.45, 7) is 0.797. The van der Waals surface area contributed by atoms with E-state index in [-0.39, 0.29) is 39.4 Å². The van der Waals surface area contributed by atoms with Crippen LogP contribution in [0.5, 0.6) is 0 Å². The molecular formula is C11H23N4O7P. The van der Waals surface area contributed by atoms with Crippen LogP contribution in [0.4, 0.5) is 0 Å². The Morgan fingerprint density at radius 1 is 1.00 bits per heavy atom. The Kier molecular flexibility index (Phi) is 11.2. The topological polar surface area (TPSA) is 169 Å². The van der Waals surface area contributed by atoms with Crippen molar-refractivity contribution in [2.24, 2.45) is 5.73 Å². The minimum atomic E-state index is -4.09. The highest BCUT2D eigenvalue weighted by atomic mass is 31.2. The van der Waals surface area contributed by atoms with Gasteiger partial charge in [0.1, 0.15) is 0 Å². The number of rotatable bonds is 12. The molecule has 0 aromatic rings. The van der Waals surface area contributed by atoms with Gasteiger partial charge in [-0.2, -0.15) is 0 Å². The average Bonchev–Trinajstić information content (AvgIpc) is 2.52. The van der Waals surface area contributed by atoms with Gasteiger partial charge in [0, 0.05) is 6.54 Å². The zero-order chi connectivity index (χ0) is 17.7. The fraction of sp³-hybridized carbons (Fsp3) is 0.727. The van der Waals surface area contributed by atoms with Gasteiger partial charge in [-0.1, -0.05) is 6.92 Å². The molecule has 11 nitrogen and oxygen atoms in total. The molecule has 0 fully saturated rings. The summed E-state index contributed by atoms with van der Waals surface area (Å²) in [4.78, 5) is 42.7. The largest absolute Gasteiger partial charge is 0.472 e. The Hall–Kier alpha value is -1.52. The van der Waals surface area contributed by atoms with Crippen LogP contribution in [-0.4, -0.2) is 62.0 Å². The van der Waals surface area contributed by atoms with E-state index < -0.39 is 25.5 Å². The molecule has 0 bridgehead atoms. The van der Waals surface area contributed by atoms with Crippen molar-refractivity contribution in [2.75, 3.05) is 39.4 Å². The molecule has 0 aliphatic heterocycles. The summed E-state index contributed by atoms with van der Waals surface area (Å²) in [7, 11) is -4.09. The second-order valence-electron chi connectivity index (χ2n) is 4.24. The number of hydrogen-bond donors (Lipinski definition) is 5. The molecule has 0 saturated heterocycles. The zero-order valence-electron chi connectivity index (χ0n) is 12.9. The molecule has 0 heterocycles. The zero-order valence-corrected chi connectivity index (χ0v) is 13.8. The minimum Gasteiger partial charge on any atom is -0.352 e. The van der Waals surface area contributed by atoms with Crippen molar-refractivity contribution in [1.29, 1.82) is 0 Å². The minimum absolute atomic E-state index is 0.0291. The molecule has 0 radical (unpaired) electrons. The quantitative estimate of drug-likeness (QED) is 0.195. The van der Waals surface area contributed by atoms with Gasteiger partial charge < -0.3 is 26.6 Å². The molecule has 134 valence electrons. The molecule has 1 atom stereocenters. The average molecular weight is 354 g/mol. The second-order valence-corrected chi connectivity index (χ2v) is 5.70. The van der Waals surface area contributed by atoms with E-state index in [0.717, 1.165) is 0 Å². The van der Waals surface area contributed by atoms with Crippen LogP contribution in [0.3, 0.4) is 0 Å². The summed E-state index contributed by atoms with van der Waals surface area (Å²) in [6, 6.07) is 0. The first-order valence-electron chi connectivity index (χ1n) is 6.92. The van der Waals surface area contributed by atoms with Crippen LogP contribution in [-0.2, 0) is 28.0 Å². The molecule has 0 aromatic heterocycles. The molecule has 0 saturated carbocycles. The highest BCUT2D eigenvalue weighted by Gasteiger charge is 2.19. The summed E-state index contributed by atoms with van der Waals surface area (Å²) < 4.78 is 20.5. The number of nitrogens with two attached hydrogens (primary N) is 1. The van der Waals surface area contributed by atoms with Gasteiger partial charge in [0.25, 0.3) is 0 Å². The van der Waals surface area contributed by atoms with Crippen molar-refractivity contribution in [3.63, 3.8) is 0 Å². The first kappa shape index (κ1) is 21.5. The Morgan fingerprint density at radius 3 is 2.09 bits per heavy atom. The van der Waals surface area contributed by atoms with Crippen LogP contribution < -0.4 is 21.7 Å². The van der Waals surface area contributed by atoms with E-state index in [1.807, 2.05) is 0 Å². The lowest BCUT2D eigenvalue weighted by atomic mass is 10.5. The third-order valence-electron chi connectivity index (χ3n) is 2.21. The highest BCUT2D eigenvalue weighted by molar-refractivity contribution is 7.47. The van der Waals surface area contributed by atoms with Crippen LogP contribution in [0.2, 0.25) is 0 Å². The lowest BCUT2D eigenvalue weighted by molar-refractivity contribution is -0.127. The van der Waals surface area contributed by atoms with Gasteiger partial charge in [0.2, 0.25) is 17.7 Å². The lowest BCUT2D eigenvalue weighted by Gasteiger charge is -2.12. The van der Waals surface area contributed by atoms with Gasteiger partial charge in [-0.05, 0) is 6.42 Å². The smallest absolute Gasteiger partial charge is 0.352 e. The normalized spacial score (nSPS) is 13.0. The molecule has 0 aromatic carbocycles. The van der Waals surface area contributed by atoms with Crippen LogP contribution >= 0.6 is 7.82 Å². The summed E-state index contributed by atoms with van der Waals surface area (Å²) in [5.74, 6) is -1.55. The van der Waals surface area contributed by atoms with Crippen molar-refractivity contribution in [1.82, 2.24) is 16.0 Å². The number of carbonyl (C=O) groups is 3. The maximum atomic E-state index is 11.4. The molecular weight excluding hydrogens is 331 g/mol. The first-order valence-corrected chi connectivity index (χ1v) is 8.42. The second kappa shape index (κ2) is 12.0. The summed E-state index contributed by atoms with van der Waals surface area (Å²) >= 11 is 0. The Morgan fingerprint density at radius 2 is 1.52 bits per heavy atom. The van der Waals surface area contributed by atoms with Crippen LogP contribution in [0.15, 0.2) is 0 Å². The SMILES string of the molecule is CCCOP(=O)(O)OCCNC(=O)CNC(=O)CNC(=O)CN. The third kappa shape index (κ3) is 12.7. The molecule has 0 aliphatic carbocycles. The van der Waals surface area contributed by atoms with E-state index in [2.05, 4.69) is 25.0 Å². The van der Waals surface area contributed by atoms with E-state index >= 15 is 0 Å². The molecule has 23 heavy (non-hydrogen) atoms. The van der Waals surface area contributed by atoms with Crippen molar-refractivity contribution in [3.8, 4) is 0 Å². The van der Waals surface area contributed by atoms with Crippen molar-refractivity contribution >= 4 is 25.5 Å². The summed E-state index contributed by atoms with van der Waals surface area (Å²) in [6.07, 6.45) is 0.566.